The van der Waals surface area contributed by atoms with E-state index in [1.54, 1.807) is 13.8 Å². The van der Waals surface area contributed by atoms with E-state index < -0.39 is 37.4 Å². The Bertz CT molecular complexity index is 1210. The molecule has 196 valence electrons. The average Bonchev–Trinajstić information content (AvgIpc) is 3.50. The van der Waals surface area contributed by atoms with Gasteiger partial charge in [0.15, 0.2) is 18.1 Å². The summed E-state index contributed by atoms with van der Waals surface area (Å²) in [6, 6.07) is 2.72. The molecule has 0 aromatic carbocycles. The molecule has 1 aliphatic rings. The average molecular weight is 517 g/mol. The van der Waals surface area contributed by atoms with Gasteiger partial charge in [-0.25, -0.2) is 14.2 Å². The number of hydrogen-bond donors (Lipinski definition) is 3. The Morgan fingerprint density at radius 1 is 1.33 bits per heavy atom. The number of alkyl carbamates (subject to hydrolysis) is 1. The highest BCUT2D eigenvalue weighted by molar-refractivity contribution is 5.67. The topological polar surface area (TPSA) is 137 Å². The van der Waals surface area contributed by atoms with Gasteiger partial charge in [-0.05, 0) is 13.8 Å². The molecule has 36 heavy (non-hydrogen) atoms. The highest BCUT2D eigenvalue weighted by Crippen LogP contribution is 2.34. The Kier molecular flexibility index (Phi) is 7.16. The number of alkyl halides is 4. The van der Waals surface area contributed by atoms with Crippen LogP contribution in [0.2, 0.25) is 0 Å². The molecule has 3 aromatic heterocycles. The van der Waals surface area contributed by atoms with Crippen LogP contribution in [0, 0.1) is 0 Å². The number of halogens is 4. The molecule has 4 heterocycles. The third-order valence-electron chi connectivity index (χ3n) is 4.97. The lowest BCUT2D eigenvalue weighted by atomic mass is 10.1. The van der Waals surface area contributed by atoms with Gasteiger partial charge in [-0.2, -0.15) is 10.1 Å². The zero-order valence-electron chi connectivity index (χ0n) is 19.3. The number of nitrogens with one attached hydrogen (secondary N) is 3. The second-order valence-corrected chi connectivity index (χ2v) is 8.09. The van der Waals surface area contributed by atoms with E-state index in [4.69, 9.17) is 14.2 Å². The first kappa shape index (κ1) is 25.4. The van der Waals surface area contributed by atoms with Crippen LogP contribution in [0.5, 0.6) is 5.88 Å². The summed E-state index contributed by atoms with van der Waals surface area (Å²) in [4.78, 5) is 20.1. The van der Waals surface area contributed by atoms with Crippen LogP contribution in [0.3, 0.4) is 0 Å². The Labute approximate surface area is 201 Å². The minimum atomic E-state index is -4.81. The van der Waals surface area contributed by atoms with Crippen molar-refractivity contribution in [3.8, 4) is 5.88 Å². The molecule has 0 aliphatic carbocycles. The van der Waals surface area contributed by atoms with Crippen molar-refractivity contribution in [1.82, 2.24) is 29.9 Å². The maximum atomic E-state index is 14.9. The maximum absolute atomic E-state index is 14.9. The molecule has 1 saturated heterocycles. The molecule has 3 N–H and O–H groups in total. The molecule has 0 radical (unpaired) electrons. The lowest BCUT2D eigenvalue weighted by Gasteiger charge is -2.16. The third-order valence-corrected chi connectivity index (χ3v) is 4.97. The largest absolute Gasteiger partial charge is 0.522 e. The second-order valence-electron chi connectivity index (χ2n) is 8.09. The van der Waals surface area contributed by atoms with Crippen molar-refractivity contribution in [2.75, 3.05) is 19.0 Å². The smallest absolute Gasteiger partial charge is 0.481 e. The lowest BCUT2D eigenvalue weighted by Crippen LogP contribution is -2.36. The minimum absolute atomic E-state index is 0.000294. The van der Waals surface area contributed by atoms with Crippen molar-refractivity contribution in [3.63, 3.8) is 0 Å². The molecule has 16 heteroatoms. The van der Waals surface area contributed by atoms with E-state index in [0.717, 1.165) is 0 Å². The molecule has 0 bridgehead atoms. The molecule has 3 atom stereocenters. The quantitative estimate of drug-likeness (QED) is 0.385. The van der Waals surface area contributed by atoms with Crippen molar-refractivity contribution < 1.29 is 41.3 Å². The van der Waals surface area contributed by atoms with Gasteiger partial charge in [0, 0.05) is 24.4 Å². The van der Waals surface area contributed by atoms with E-state index in [1.807, 2.05) is 0 Å². The predicted molar refractivity (Wildman–Crippen MR) is 114 cm³/mol. The van der Waals surface area contributed by atoms with E-state index in [1.165, 1.54) is 29.8 Å². The van der Waals surface area contributed by atoms with Gasteiger partial charge in [-0.15, -0.1) is 13.2 Å². The van der Waals surface area contributed by atoms with Crippen LogP contribution in [0.4, 0.5) is 34.1 Å². The summed E-state index contributed by atoms with van der Waals surface area (Å²) < 4.78 is 73.0. The monoisotopic (exact) mass is 517 g/mol. The molecule has 0 spiro atoms. The molecule has 0 saturated carbocycles. The number of nitrogens with zero attached hydrogens (tertiary/aromatic N) is 4. The van der Waals surface area contributed by atoms with E-state index in [0.29, 0.717) is 0 Å². The van der Waals surface area contributed by atoms with Gasteiger partial charge in [0.05, 0.1) is 31.7 Å². The molecule has 3 aromatic rings. The number of anilines is 2. The number of imidazole rings is 1. The van der Waals surface area contributed by atoms with Crippen LogP contribution >= 0.6 is 0 Å². The Balaban J connectivity index is 1.49. The fraction of sp³-hybridized carbons (Fsp3) is 0.500. The highest BCUT2D eigenvalue weighted by Gasteiger charge is 2.42. The van der Waals surface area contributed by atoms with E-state index in [9.17, 15) is 22.4 Å². The van der Waals surface area contributed by atoms with Gasteiger partial charge in [-0.1, -0.05) is 0 Å². The summed E-state index contributed by atoms with van der Waals surface area (Å²) in [6.45, 7) is 2.55. The van der Waals surface area contributed by atoms with E-state index >= 15 is 0 Å². The number of fused-ring (bicyclic) bond motifs is 1. The van der Waals surface area contributed by atoms with Gasteiger partial charge >= 0.3 is 12.5 Å². The zero-order chi connectivity index (χ0) is 26.0. The van der Waals surface area contributed by atoms with Gasteiger partial charge in [0.25, 0.3) is 0 Å². The molecule has 1 aliphatic heterocycles. The van der Waals surface area contributed by atoms with Crippen LogP contribution in [-0.4, -0.2) is 69.1 Å². The summed E-state index contributed by atoms with van der Waals surface area (Å²) in [5.74, 6) is 0.452. The van der Waals surface area contributed by atoms with E-state index in [-0.39, 0.29) is 47.3 Å². The molecule has 4 rings (SSSR count). The Hall–Kier alpha value is -3.66. The number of rotatable bonds is 8. The lowest BCUT2D eigenvalue weighted by molar-refractivity contribution is -0.330. The van der Waals surface area contributed by atoms with E-state index in [2.05, 4.69) is 35.5 Å². The minimum Gasteiger partial charge on any atom is -0.481 e. The number of methoxy groups -OCH3 is 1. The summed E-state index contributed by atoms with van der Waals surface area (Å²) in [5.41, 5.74) is 0.508. The normalized spacial score (nSPS) is 20.2. The number of ether oxygens (including phenoxy) is 4. The van der Waals surface area contributed by atoms with Crippen LogP contribution < -0.4 is 15.4 Å². The highest BCUT2D eigenvalue weighted by atomic mass is 19.4. The Morgan fingerprint density at radius 2 is 2.11 bits per heavy atom. The summed E-state index contributed by atoms with van der Waals surface area (Å²) in [5, 5.41) is 12.1. The number of aromatic nitrogens is 5. The van der Waals surface area contributed by atoms with Gasteiger partial charge < -0.3 is 24.8 Å². The maximum Gasteiger partial charge on any atom is 0.522 e. The third kappa shape index (κ3) is 5.93. The summed E-state index contributed by atoms with van der Waals surface area (Å²) in [7, 11) is 1.37. The van der Waals surface area contributed by atoms with Crippen LogP contribution in [0.1, 0.15) is 31.3 Å². The van der Waals surface area contributed by atoms with Crippen molar-refractivity contribution in [2.24, 2.45) is 0 Å². The molecule has 1 amide bonds. The van der Waals surface area contributed by atoms with Crippen LogP contribution in [0.25, 0.3) is 5.65 Å². The molecule has 12 nitrogen and oxygen atoms in total. The van der Waals surface area contributed by atoms with Crippen LogP contribution in [0.15, 0.2) is 18.3 Å². The Morgan fingerprint density at radius 3 is 2.81 bits per heavy atom. The number of amides is 1. The summed E-state index contributed by atoms with van der Waals surface area (Å²) >= 11 is 0. The number of H-pyrrole nitrogens is 1. The first-order valence-electron chi connectivity index (χ1n) is 10.7. The SMILES string of the molecule is COc1cc2nc(COC(F)(F)F)cn2c(Nc2cc([C@@H]3OC[C@H](OC(=O)NC(C)C)[C@@H]3F)[nH]n2)n1. The van der Waals surface area contributed by atoms with Gasteiger partial charge in [0.1, 0.15) is 11.8 Å². The van der Waals surface area contributed by atoms with Crippen molar-refractivity contribution >= 4 is 23.5 Å². The predicted octanol–water partition coefficient (Wildman–Crippen LogP) is 3.15. The first-order valence-corrected chi connectivity index (χ1v) is 10.7. The van der Waals surface area contributed by atoms with Crippen molar-refractivity contribution in [3.05, 3.63) is 29.7 Å². The molecular weight excluding hydrogens is 494 g/mol. The number of carbonyl (C=O) groups is 1. The van der Waals surface area contributed by atoms with Crippen molar-refractivity contribution in [1.29, 1.82) is 0 Å². The standard InChI is InChI=1S/C20H23F4N7O5/c1-9(2)25-19(32)36-12-8-34-17(16(12)21)11-4-13(30-29-11)27-18-28-15(33-3)5-14-26-10(6-31(14)18)7-35-20(22,23)24/h4-6,9,12,16-17H,7-8H2,1-3H3,(H,25,32)(H2,27,28,29,30)/t12-,16-,17-/m0/s1. The molecule has 0 unspecified atom stereocenters. The fourth-order valence-electron chi connectivity index (χ4n) is 3.44. The van der Waals surface area contributed by atoms with Gasteiger partial charge in [-0.3, -0.25) is 14.2 Å². The zero-order valence-corrected chi connectivity index (χ0v) is 19.3. The fourth-order valence-corrected chi connectivity index (χ4v) is 3.44. The van der Waals surface area contributed by atoms with Gasteiger partial charge in [0.2, 0.25) is 11.8 Å². The van der Waals surface area contributed by atoms with Crippen LogP contribution in [-0.2, 0) is 20.8 Å². The molecule has 1 fully saturated rings. The number of hydrogen-bond acceptors (Lipinski definition) is 9. The van der Waals surface area contributed by atoms with Crippen molar-refractivity contribution in [2.45, 2.75) is 51.2 Å². The summed E-state index contributed by atoms with van der Waals surface area (Å²) in [6.07, 6.45) is -8.06. The first-order chi connectivity index (χ1) is 17.0. The number of aromatic amines is 1. The second kappa shape index (κ2) is 10.1. The number of carbonyl (C=O) groups excluding carboxylic acids is 1. The molecular formula is C20H23F4N7O5.